The van der Waals surface area contributed by atoms with Crippen LogP contribution in [0.2, 0.25) is 5.28 Å². The Morgan fingerprint density at radius 2 is 0.400 bits per heavy atom. The number of hydrogen-bond donors (Lipinski definition) is 0. The summed E-state index contributed by atoms with van der Waals surface area (Å²) < 4.78 is 13.1. The summed E-state index contributed by atoms with van der Waals surface area (Å²) >= 11 is 6.23. The molecule has 16 aromatic carbocycles. The van der Waals surface area contributed by atoms with Crippen LogP contribution >= 0.6 is 11.6 Å². The van der Waals surface area contributed by atoms with E-state index in [1.54, 1.807) is 0 Å². The van der Waals surface area contributed by atoms with Gasteiger partial charge in [0.2, 0.25) is 5.28 Å². The van der Waals surface area contributed by atoms with Crippen molar-refractivity contribution >= 4 is 24.2 Å². The molecule has 0 unspecified atom stereocenters. The van der Waals surface area contributed by atoms with E-state index < -0.39 is 18.3 Å². The summed E-state index contributed by atoms with van der Waals surface area (Å²) in [6.07, 6.45) is 0. The maximum atomic E-state index is 6.54. The lowest BCUT2D eigenvalue weighted by atomic mass is 9.76. The summed E-state index contributed by atoms with van der Waals surface area (Å²) in [7, 11) is -0.438. The first kappa shape index (κ1) is 82.8. The molecular formula is C120H98BClN6O2. The molecule has 1 saturated heterocycles. The summed E-state index contributed by atoms with van der Waals surface area (Å²) in [6, 6.07) is 135. The van der Waals surface area contributed by atoms with E-state index in [9.17, 15) is 0 Å². The summed E-state index contributed by atoms with van der Waals surface area (Å²) in [5.41, 5.74) is 39.8. The van der Waals surface area contributed by atoms with Crippen LogP contribution in [0, 0.1) is 0 Å². The molecule has 23 rings (SSSR count). The number of fused-ring (bicyclic) bond motifs is 12. The zero-order valence-corrected chi connectivity index (χ0v) is 76.0. The maximum Gasteiger partial charge on any atom is 0.494 e. The van der Waals surface area contributed by atoms with Gasteiger partial charge in [0.25, 0.3) is 0 Å². The summed E-state index contributed by atoms with van der Waals surface area (Å²) in [4.78, 5) is 29.1. The van der Waals surface area contributed by atoms with E-state index in [0.717, 1.165) is 61.1 Å². The highest BCUT2D eigenvalue weighted by molar-refractivity contribution is 6.62. The zero-order chi connectivity index (χ0) is 89.2. The predicted octanol–water partition coefficient (Wildman–Crippen LogP) is 29.9. The number of nitrogens with zero attached hydrogens (tertiary/aromatic N) is 6. The van der Waals surface area contributed by atoms with Gasteiger partial charge in [0.1, 0.15) is 0 Å². The lowest BCUT2D eigenvalue weighted by Crippen LogP contribution is -2.41. The Labute approximate surface area is 768 Å². The molecule has 130 heavy (non-hydrogen) atoms. The van der Waals surface area contributed by atoms with Gasteiger partial charge in [0.15, 0.2) is 29.1 Å². The van der Waals surface area contributed by atoms with Crippen LogP contribution in [-0.4, -0.2) is 48.2 Å². The molecule has 5 aliphatic rings. The second-order valence-electron chi connectivity index (χ2n) is 38.1. The average molecular weight is 1700 g/mol. The molecule has 3 heterocycles. The van der Waals surface area contributed by atoms with Crippen molar-refractivity contribution in [2.45, 2.75) is 116 Å². The minimum atomic E-state index is -0.438. The van der Waals surface area contributed by atoms with Gasteiger partial charge in [-0.1, -0.05) is 383 Å². The van der Waals surface area contributed by atoms with Gasteiger partial charge in [0.05, 0.1) is 11.2 Å². The largest absolute Gasteiger partial charge is 0.494 e. The number of hydrogen-bond acceptors (Lipinski definition) is 8. The van der Waals surface area contributed by atoms with Crippen LogP contribution < -0.4 is 5.46 Å². The zero-order valence-electron chi connectivity index (χ0n) is 75.3. The molecule has 0 N–H and O–H groups in total. The van der Waals surface area contributed by atoms with Gasteiger partial charge < -0.3 is 9.31 Å². The molecule has 0 amide bonds. The Kier molecular flexibility index (Phi) is 20.5. The van der Waals surface area contributed by atoms with Crippen molar-refractivity contribution in [1.82, 2.24) is 29.9 Å². The monoisotopic (exact) mass is 1700 g/mol. The Bertz CT molecular complexity index is 7460. The molecule has 2 aromatic heterocycles. The van der Waals surface area contributed by atoms with Crippen molar-refractivity contribution in [1.29, 1.82) is 0 Å². The van der Waals surface area contributed by atoms with Crippen molar-refractivity contribution in [3.8, 4) is 168 Å². The van der Waals surface area contributed by atoms with Crippen LogP contribution in [0.4, 0.5) is 0 Å². The van der Waals surface area contributed by atoms with E-state index >= 15 is 0 Å². The normalized spacial score (nSPS) is 15.1. The van der Waals surface area contributed by atoms with E-state index in [0.29, 0.717) is 29.1 Å². The lowest BCUT2D eigenvalue weighted by molar-refractivity contribution is 0.00578. The molecule has 0 radical (unpaired) electrons. The quantitative estimate of drug-likeness (QED) is 0.112. The van der Waals surface area contributed by atoms with Crippen LogP contribution in [-0.2, 0) is 31.0 Å². The minimum absolute atomic E-state index is 0.0542. The number of aromatic nitrogens is 6. The fourth-order valence-electron chi connectivity index (χ4n) is 20.2. The third kappa shape index (κ3) is 14.8. The van der Waals surface area contributed by atoms with Gasteiger partial charge in [-0.3, -0.25) is 0 Å². The fourth-order valence-corrected chi connectivity index (χ4v) is 20.3. The van der Waals surface area contributed by atoms with Gasteiger partial charge in [-0.15, -0.1) is 0 Å². The lowest BCUT2D eigenvalue weighted by Gasteiger charge is -2.32. The molecule has 10 heteroatoms. The van der Waals surface area contributed by atoms with Crippen LogP contribution in [0.15, 0.2) is 376 Å². The molecule has 1 aliphatic heterocycles. The van der Waals surface area contributed by atoms with Gasteiger partial charge in [-0.05, 0) is 249 Å². The molecular weight excluding hydrogens is 1600 g/mol. The Morgan fingerprint density at radius 3 is 0.746 bits per heavy atom. The van der Waals surface area contributed by atoms with Crippen LogP contribution in [0.5, 0.6) is 0 Å². The van der Waals surface area contributed by atoms with E-state index in [1.807, 2.05) is 48.5 Å². The Balaban J connectivity index is 0.000000127. The Hall–Kier alpha value is -14.2. The highest BCUT2D eigenvalue weighted by Gasteiger charge is 2.52. The highest BCUT2D eigenvalue weighted by atomic mass is 35.5. The van der Waals surface area contributed by atoms with Gasteiger partial charge in [-0.25, -0.2) is 19.9 Å². The second-order valence-corrected chi connectivity index (χ2v) is 38.5. The van der Waals surface area contributed by atoms with Crippen molar-refractivity contribution in [3.05, 3.63) is 426 Å². The minimum Gasteiger partial charge on any atom is -0.399 e. The maximum absolute atomic E-state index is 6.54. The summed E-state index contributed by atoms with van der Waals surface area (Å²) in [5, 5.41) is 0.201. The van der Waals surface area contributed by atoms with Crippen LogP contribution in [0.25, 0.3) is 168 Å². The van der Waals surface area contributed by atoms with E-state index in [2.05, 4.69) is 426 Å². The molecule has 0 spiro atoms. The second kappa shape index (κ2) is 32.2. The first-order chi connectivity index (χ1) is 62.8. The molecule has 0 atom stereocenters. The van der Waals surface area contributed by atoms with Crippen molar-refractivity contribution in [2.75, 3.05) is 0 Å². The summed E-state index contributed by atoms with van der Waals surface area (Å²) in [5.74, 6) is 3.12. The van der Waals surface area contributed by atoms with E-state index in [1.165, 1.54) is 128 Å². The van der Waals surface area contributed by atoms with Gasteiger partial charge in [0, 0.05) is 49.5 Å². The highest BCUT2D eigenvalue weighted by Crippen LogP contribution is 2.55. The topological polar surface area (TPSA) is 95.8 Å². The third-order valence-corrected chi connectivity index (χ3v) is 28.3. The number of benzene rings is 16. The van der Waals surface area contributed by atoms with E-state index in [4.69, 9.17) is 35.9 Å². The van der Waals surface area contributed by atoms with Crippen molar-refractivity contribution < 1.29 is 9.31 Å². The fraction of sp³-hybridized carbons (Fsp3) is 0.150. The Morgan fingerprint density at radius 1 is 0.185 bits per heavy atom. The molecule has 18 aromatic rings. The first-order valence-electron chi connectivity index (χ1n) is 45.1. The molecule has 0 bridgehead atoms. The van der Waals surface area contributed by atoms with Crippen LogP contribution in [0.1, 0.15) is 128 Å². The van der Waals surface area contributed by atoms with Crippen LogP contribution in [0.3, 0.4) is 0 Å². The molecule has 0 saturated carbocycles. The molecule has 630 valence electrons. The molecule has 1 fully saturated rings. The number of halogens is 1. The van der Waals surface area contributed by atoms with Gasteiger partial charge in [-0.2, -0.15) is 9.97 Å². The van der Waals surface area contributed by atoms with E-state index in [-0.39, 0.29) is 26.9 Å². The predicted molar refractivity (Wildman–Crippen MR) is 537 cm³/mol. The molecule has 4 aliphatic carbocycles. The van der Waals surface area contributed by atoms with Crippen molar-refractivity contribution in [3.63, 3.8) is 0 Å². The third-order valence-electron chi connectivity index (χ3n) is 28.1. The van der Waals surface area contributed by atoms with Crippen molar-refractivity contribution in [2.24, 2.45) is 0 Å². The SMILES string of the molecule is CC1(C)c2ccccc2-c2ccc(-c3cc(-c4ccc(-c5ccccc5)cc4)cc(-c4nc(-c5ccccc5)nc(-c5ccc6c(c5)C(C)(C)c5ccccc5-6)n4)c3)cc21.CC1(C)c2ccccc2-c2ccc(-c3cc(B4OC(C)(C)C(C)(C)O4)cc(-c4ccc(-c5ccccc5)cc4)c3)cc21.CC1(C)c2ccccc2-c2ccc(-c3nc(Cl)nc(-c4ccccc4)n3)cc21. The summed E-state index contributed by atoms with van der Waals surface area (Å²) in [6.45, 7) is 26.9. The molecule has 8 nitrogen and oxygen atoms in total. The smallest absolute Gasteiger partial charge is 0.399 e. The average Bonchev–Trinajstić information content (AvgIpc) is 1.59. The first-order valence-corrected chi connectivity index (χ1v) is 45.4. The standard InChI is InChI=1S/C57H43N3.C39H37BO2.C24H18ClN3/c1-56(2)49-21-13-11-19-45(49)47-29-27-40(34-51(47)56)43-31-42(38-25-23-37(24-26-38)36-15-7-5-8-16-36)32-44(33-43)55-59-53(39-17-9-6-10-18-39)58-54(60-55)41-28-30-48-46-20-12-14-22-50(46)57(3,4)52(48)35-41;1-37(2)35-15-11-10-14-33(35)34-21-20-29(25-36(34)37)31-22-30(23-32(24-31)40-41-38(3,4)39(5,6)42-40)28-18-16-27(17-19-28)26-12-8-7-9-13-26;1-24(2)19-11-7-6-10-17(19)18-13-12-16(14-20(18)24)22-26-21(27-23(25)28-22)15-8-4-3-5-9-15/h5-35H,1-4H3;7-25H,1-6H3;3-14H,1-2H3. The van der Waals surface area contributed by atoms with Gasteiger partial charge >= 0.3 is 7.12 Å². The number of rotatable bonds is 12.